The lowest BCUT2D eigenvalue weighted by Crippen LogP contribution is -2.26. The van der Waals surface area contributed by atoms with Crippen molar-refractivity contribution in [1.82, 2.24) is 9.55 Å². The maximum atomic E-state index is 6.74. The van der Waals surface area contributed by atoms with Gasteiger partial charge in [0.15, 0.2) is 0 Å². The first kappa shape index (κ1) is 26.5. The molecule has 2 aromatic heterocycles. The van der Waals surface area contributed by atoms with Gasteiger partial charge >= 0.3 is 0 Å². The molecule has 6 aromatic rings. The van der Waals surface area contributed by atoms with Gasteiger partial charge in [-0.15, -0.1) is 0 Å². The number of hydrogen-bond acceptors (Lipinski definition) is 4. The van der Waals surface area contributed by atoms with Crippen molar-refractivity contribution >= 4 is 27.8 Å². The molecule has 4 heterocycles. The zero-order valence-corrected chi connectivity index (χ0v) is 26.3. The summed E-state index contributed by atoms with van der Waals surface area (Å²) in [6.45, 7) is 11.1. The van der Waals surface area contributed by atoms with Crippen molar-refractivity contribution in [1.29, 1.82) is 0 Å². The molecule has 222 valence electrons. The summed E-state index contributed by atoms with van der Waals surface area (Å²) in [6.07, 6.45) is 3.98. The van der Waals surface area contributed by atoms with Gasteiger partial charge in [0.1, 0.15) is 29.3 Å². The second kappa shape index (κ2) is 9.31. The van der Waals surface area contributed by atoms with Gasteiger partial charge in [-0.05, 0) is 109 Å². The van der Waals surface area contributed by atoms with Crippen LogP contribution in [0.25, 0.3) is 27.6 Å². The number of benzene rings is 4. The number of para-hydroxylation sites is 1. The third kappa shape index (κ3) is 3.79. The van der Waals surface area contributed by atoms with E-state index in [0.717, 1.165) is 52.4 Å². The Morgan fingerprint density at radius 3 is 2.60 bits per heavy atom. The monoisotopic (exact) mass is 589 g/mol. The minimum atomic E-state index is -0.176. The van der Waals surface area contributed by atoms with E-state index in [0.29, 0.717) is 5.90 Å². The molecule has 3 aliphatic rings. The number of aryl methyl sites for hydroxylation is 3. The van der Waals surface area contributed by atoms with Gasteiger partial charge in [-0.2, -0.15) is 0 Å². The first-order valence-electron chi connectivity index (χ1n) is 15.9. The number of hydrogen-bond donors (Lipinski definition) is 0. The lowest BCUT2D eigenvalue weighted by molar-refractivity contribution is 0.174. The zero-order chi connectivity index (χ0) is 30.6. The molecule has 5 heteroatoms. The smallest absolute Gasteiger partial charge is 0.217 e. The molecule has 45 heavy (non-hydrogen) atoms. The molecule has 0 bridgehead atoms. The highest BCUT2D eigenvalue weighted by atomic mass is 16.5. The fraction of sp³-hybridized carbons (Fsp3) is 0.250. The quantitative estimate of drug-likeness (QED) is 0.207. The molecule has 9 rings (SSSR count). The van der Waals surface area contributed by atoms with Crippen molar-refractivity contribution in [2.24, 2.45) is 4.99 Å². The van der Waals surface area contributed by atoms with Gasteiger partial charge in [-0.25, -0.2) is 9.98 Å². The Labute approximate surface area is 263 Å². The predicted molar refractivity (Wildman–Crippen MR) is 180 cm³/mol. The first-order valence-corrected chi connectivity index (χ1v) is 15.9. The molecule has 0 spiro atoms. The average molecular weight is 590 g/mol. The number of ether oxygens (including phenoxy) is 2. The molecular formula is C40H35N3O2. The number of pyridine rings is 1. The van der Waals surface area contributed by atoms with Crippen LogP contribution in [0.4, 0.5) is 0 Å². The summed E-state index contributed by atoms with van der Waals surface area (Å²) in [6, 6.07) is 28.3. The Morgan fingerprint density at radius 2 is 1.71 bits per heavy atom. The van der Waals surface area contributed by atoms with Crippen molar-refractivity contribution in [3.63, 3.8) is 0 Å². The summed E-state index contributed by atoms with van der Waals surface area (Å²) >= 11 is 0. The van der Waals surface area contributed by atoms with Gasteiger partial charge in [0.25, 0.3) is 0 Å². The van der Waals surface area contributed by atoms with Gasteiger partial charge in [0.05, 0.1) is 11.2 Å². The van der Waals surface area contributed by atoms with Gasteiger partial charge in [0, 0.05) is 34.0 Å². The molecule has 1 aliphatic carbocycles. The van der Waals surface area contributed by atoms with Crippen molar-refractivity contribution in [3.8, 4) is 17.2 Å². The molecule has 2 atom stereocenters. The molecule has 0 saturated heterocycles. The molecule has 0 saturated carbocycles. The average Bonchev–Trinajstić information content (AvgIpc) is 3.61. The molecule has 2 aliphatic heterocycles. The topological polar surface area (TPSA) is 48.6 Å². The molecule has 5 nitrogen and oxygen atoms in total. The van der Waals surface area contributed by atoms with Crippen molar-refractivity contribution in [2.45, 2.75) is 65.0 Å². The van der Waals surface area contributed by atoms with E-state index < -0.39 is 0 Å². The number of fused-ring (bicyclic) bond motifs is 8. The Balaban J connectivity index is 1.13. The largest absolute Gasteiger partial charge is 0.471 e. The summed E-state index contributed by atoms with van der Waals surface area (Å²) in [7, 11) is 0. The molecule has 0 amide bonds. The van der Waals surface area contributed by atoms with Crippen LogP contribution in [0.3, 0.4) is 0 Å². The minimum Gasteiger partial charge on any atom is -0.471 e. The van der Waals surface area contributed by atoms with Gasteiger partial charge < -0.3 is 9.47 Å². The molecule has 0 fully saturated rings. The molecule has 4 aromatic carbocycles. The second-order valence-electron chi connectivity index (χ2n) is 13.5. The van der Waals surface area contributed by atoms with E-state index >= 15 is 0 Å². The van der Waals surface area contributed by atoms with Gasteiger partial charge in [-0.1, -0.05) is 50.2 Å². The van der Waals surface area contributed by atoms with E-state index in [1.54, 1.807) is 0 Å². The Hall–Kier alpha value is -4.90. The van der Waals surface area contributed by atoms with Crippen LogP contribution in [0.2, 0.25) is 0 Å². The third-order valence-corrected chi connectivity index (χ3v) is 10.3. The fourth-order valence-corrected chi connectivity index (χ4v) is 8.01. The van der Waals surface area contributed by atoms with Crippen molar-refractivity contribution in [2.75, 3.05) is 0 Å². The summed E-state index contributed by atoms with van der Waals surface area (Å²) < 4.78 is 15.6. The van der Waals surface area contributed by atoms with Crippen LogP contribution in [0, 0.1) is 20.8 Å². The Bertz CT molecular complexity index is 2260. The van der Waals surface area contributed by atoms with E-state index in [1.807, 2.05) is 12.3 Å². The fourth-order valence-electron chi connectivity index (χ4n) is 8.01. The van der Waals surface area contributed by atoms with Crippen LogP contribution in [0.5, 0.6) is 11.5 Å². The zero-order valence-electron chi connectivity index (χ0n) is 26.3. The molecule has 0 N–H and O–H groups in total. The lowest BCUT2D eigenvalue weighted by atomic mass is 9.74. The summed E-state index contributed by atoms with van der Waals surface area (Å²) in [5.41, 5.74) is 13.0. The maximum Gasteiger partial charge on any atom is 0.217 e. The third-order valence-electron chi connectivity index (χ3n) is 10.3. The lowest BCUT2D eigenvalue weighted by Gasteiger charge is -2.35. The number of rotatable bonds is 3. The van der Waals surface area contributed by atoms with Crippen LogP contribution >= 0.6 is 0 Å². The van der Waals surface area contributed by atoms with Crippen LogP contribution in [0.1, 0.15) is 70.8 Å². The highest BCUT2D eigenvalue weighted by Gasteiger charge is 2.38. The second-order valence-corrected chi connectivity index (χ2v) is 13.5. The molecule has 0 radical (unpaired) electrons. The van der Waals surface area contributed by atoms with Crippen LogP contribution in [-0.4, -0.2) is 21.6 Å². The first-order chi connectivity index (χ1) is 21.8. The number of aromatic nitrogens is 2. The SMILES string of the molecule is Cc1cc(Oc2cc3c(cc2C)C(C)(C)c2cccc4c5cccnc5n-3c24)cc(C2=N[C@@H]3c4cccc(C)c4CC[C@@H]3O2)c1. The molecule has 0 unspecified atom stereocenters. The predicted octanol–water partition coefficient (Wildman–Crippen LogP) is 9.37. The van der Waals surface area contributed by atoms with E-state index in [4.69, 9.17) is 19.5 Å². The number of aliphatic imine (C=N–C) groups is 1. The highest BCUT2D eigenvalue weighted by Crippen LogP contribution is 2.49. The normalized spacial score (nSPS) is 19.1. The van der Waals surface area contributed by atoms with Crippen LogP contribution in [-0.2, 0) is 16.6 Å². The van der Waals surface area contributed by atoms with E-state index in [9.17, 15) is 0 Å². The van der Waals surface area contributed by atoms with Gasteiger partial charge in [-0.3, -0.25) is 4.57 Å². The molecular weight excluding hydrogens is 554 g/mol. The number of nitrogens with zero attached hydrogens (tertiary/aromatic N) is 3. The van der Waals surface area contributed by atoms with Gasteiger partial charge in [0.2, 0.25) is 5.90 Å². The van der Waals surface area contributed by atoms with Crippen molar-refractivity contribution < 1.29 is 9.47 Å². The minimum absolute atomic E-state index is 0.0458. The Kier molecular flexibility index (Phi) is 5.48. The van der Waals surface area contributed by atoms with E-state index in [1.165, 1.54) is 44.1 Å². The highest BCUT2D eigenvalue weighted by molar-refractivity contribution is 6.10. The summed E-state index contributed by atoms with van der Waals surface area (Å²) in [5.74, 6) is 2.32. The maximum absolute atomic E-state index is 6.74. The Morgan fingerprint density at radius 1 is 0.867 bits per heavy atom. The summed E-state index contributed by atoms with van der Waals surface area (Å²) in [5, 5.41) is 2.40. The standard InChI is InChI=1S/C40H35N3O2/c1-22-17-25(39-42-36-28-10-6-9-23(2)27(28)14-15-34(36)45-39)20-26(18-22)44-35-21-33-32(19-24(35)3)40(4,5)31-13-7-11-29-30-12-8-16-41-38(30)43(33)37(29)31/h6-13,16-21,34,36H,14-15H2,1-5H3/t34-,36+/m0/s1. The summed E-state index contributed by atoms with van der Waals surface area (Å²) in [4.78, 5) is 10.00. The van der Waals surface area contributed by atoms with E-state index in [2.05, 4.69) is 112 Å². The van der Waals surface area contributed by atoms with Crippen molar-refractivity contribution in [3.05, 3.63) is 130 Å². The van der Waals surface area contributed by atoms with Crippen LogP contribution in [0.15, 0.2) is 90.1 Å². The van der Waals surface area contributed by atoms with Crippen LogP contribution < -0.4 is 4.74 Å². The van der Waals surface area contributed by atoms with E-state index in [-0.39, 0.29) is 17.6 Å².